The minimum absolute atomic E-state index is 0.0233. The van der Waals surface area contributed by atoms with Crippen molar-refractivity contribution in [1.29, 1.82) is 0 Å². The molecule has 0 fully saturated rings. The third-order valence-corrected chi connectivity index (χ3v) is 1.89. The zero-order chi connectivity index (χ0) is 8.91. The highest BCUT2D eigenvalue weighted by Gasteiger charge is 2.00. The Kier molecular flexibility index (Phi) is 4.06. The van der Waals surface area contributed by atoms with Crippen LogP contribution in [0.25, 0.3) is 0 Å². The largest absolute Gasteiger partial charge is 0.369 e. The van der Waals surface area contributed by atoms with Crippen LogP contribution < -0.4 is 11.1 Å². The van der Waals surface area contributed by atoms with Crippen LogP contribution in [0.15, 0.2) is 0 Å². The normalized spacial score (nSPS) is 11.4. The second-order valence-corrected chi connectivity index (χ2v) is 4.53. The molecule has 11 heavy (non-hydrogen) atoms. The van der Waals surface area contributed by atoms with Gasteiger partial charge < -0.3 is 11.1 Å². The topological polar surface area (TPSA) is 89.3 Å². The van der Waals surface area contributed by atoms with E-state index in [9.17, 15) is 13.2 Å². The van der Waals surface area contributed by atoms with Crippen molar-refractivity contribution in [3.8, 4) is 0 Å². The first kappa shape index (κ1) is 10.4. The van der Waals surface area contributed by atoms with Gasteiger partial charge in [0.15, 0.2) is 0 Å². The van der Waals surface area contributed by atoms with Gasteiger partial charge in [0.2, 0.25) is 5.91 Å². The summed E-state index contributed by atoms with van der Waals surface area (Å²) >= 11 is 0. The van der Waals surface area contributed by atoms with E-state index in [2.05, 4.69) is 5.32 Å². The van der Waals surface area contributed by atoms with Crippen molar-refractivity contribution in [2.45, 2.75) is 0 Å². The number of rotatable bonds is 5. The van der Waals surface area contributed by atoms with Crippen molar-refractivity contribution in [2.24, 2.45) is 5.73 Å². The second kappa shape index (κ2) is 4.30. The fraction of sp³-hybridized carbons (Fsp3) is 0.800. The molecular weight excluding hydrogens is 168 g/mol. The van der Waals surface area contributed by atoms with Crippen molar-refractivity contribution in [3.05, 3.63) is 0 Å². The summed E-state index contributed by atoms with van der Waals surface area (Å²) in [7, 11) is -2.94. The molecule has 3 N–H and O–H groups in total. The fourth-order valence-electron chi connectivity index (χ4n) is 0.469. The van der Waals surface area contributed by atoms with Crippen LogP contribution in [-0.2, 0) is 14.6 Å². The van der Waals surface area contributed by atoms with Crippen LogP contribution in [0, 0.1) is 0 Å². The van der Waals surface area contributed by atoms with E-state index in [0.717, 1.165) is 6.26 Å². The Hall–Kier alpha value is -0.620. The molecule has 0 rings (SSSR count). The summed E-state index contributed by atoms with van der Waals surface area (Å²) in [5, 5.41) is 2.59. The van der Waals surface area contributed by atoms with E-state index in [1.54, 1.807) is 0 Å². The third kappa shape index (κ3) is 9.38. The van der Waals surface area contributed by atoms with Gasteiger partial charge in [-0.3, -0.25) is 4.79 Å². The van der Waals surface area contributed by atoms with Gasteiger partial charge in [0.1, 0.15) is 9.84 Å². The zero-order valence-corrected chi connectivity index (χ0v) is 7.15. The fourth-order valence-corrected chi connectivity index (χ4v) is 0.984. The molecule has 0 saturated carbocycles. The number of carbonyl (C=O) groups excluding carboxylic acids is 1. The van der Waals surface area contributed by atoms with Gasteiger partial charge in [-0.15, -0.1) is 0 Å². The van der Waals surface area contributed by atoms with E-state index in [4.69, 9.17) is 5.73 Å². The molecule has 0 aromatic heterocycles. The Labute approximate surface area is 65.9 Å². The van der Waals surface area contributed by atoms with Gasteiger partial charge in [-0.1, -0.05) is 0 Å². The highest BCUT2D eigenvalue weighted by molar-refractivity contribution is 7.90. The number of hydrogen-bond acceptors (Lipinski definition) is 4. The number of nitrogens with one attached hydrogen (secondary N) is 1. The summed E-state index contributed by atoms with van der Waals surface area (Å²) in [5.41, 5.74) is 4.79. The molecular formula is C5H12N2O3S. The monoisotopic (exact) mass is 180 g/mol. The number of amides is 1. The summed E-state index contributed by atoms with van der Waals surface area (Å²) in [6.45, 7) is 0.289. The lowest BCUT2D eigenvalue weighted by Crippen LogP contribution is -2.31. The molecule has 6 heteroatoms. The van der Waals surface area contributed by atoms with E-state index in [-0.39, 0.29) is 18.8 Å². The van der Waals surface area contributed by atoms with Gasteiger partial charge in [-0.2, -0.15) is 0 Å². The molecule has 66 valence electrons. The third-order valence-electron chi connectivity index (χ3n) is 0.949. The summed E-state index contributed by atoms with van der Waals surface area (Å²) in [6, 6.07) is 0. The minimum atomic E-state index is -2.94. The van der Waals surface area contributed by atoms with Gasteiger partial charge in [0.05, 0.1) is 12.3 Å². The van der Waals surface area contributed by atoms with Gasteiger partial charge in [-0.05, 0) is 0 Å². The Morgan fingerprint density at radius 2 is 2.09 bits per heavy atom. The first-order valence-corrected chi connectivity index (χ1v) is 5.14. The predicted octanol–water partition coefficient (Wildman–Crippen LogP) is -1.89. The average molecular weight is 180 g/mol. The maximum absolute atomic E-state index is 10.5. The molecule has 0 radical (unpaired) electrons. The van der Waals surface area contributed by atoms with Crippen molar-refractivity contribution < 1.29 is 13.2 Å². The molecule has 0 aliphatic carbocycles. The molecule has 5 nitrogen and oxygen atoms in total. The lowest BCUT2D eigenvalue weighted by atomic mass is 10.6. The molecule has 0 spiro atoms. The SMILES string of the molecule is CS(=O)(=O)CCNCC(N)=O. The highest BCUT2D eigenvalue weighted by atomic mass is 32.2. The van der Waals surface area contributed by atoms with Crippen molar-refractivity contribution in [1.82, 2.24) is 5.32 Å². The zero-order valence-electron chi connectivity index (χ0n) is 6.33. The van der Waals surface area contributed by atoms with E-state index < -0.39 is 15.7 Å². The van der Waals surface area contributed by atoms with Crippen LogP contribution >= 0.6 is 0 Å². The van der Waals surface area contributed by atoms with E-state index in [1.165, 1.54) is 0 Å². The summed E-state index contributed by atoms with van der Waals surface area (Å²) in [5.74, 6) is -0.459. The van der Waals surface area contributed by atoms with Crippen LogP contribution in [0.3, 0.4) is 0 Å². The van der Waals surface area contributed by atoms with Crippen LogP contribution in [0.1, 0.15) is 0 Å². The Bertz CT molecular complexity index is 222. The predicted molar refractivity (Wildman–Crippen MR) is 41.8 cm³/mol. The number of hydrogen-bond donors (Lipinski definition) is 2. The molecule has 0 aromatic rings. The Morgan fingerprint density at radius 3 is 2.45 bits per heavy atom. The summed E-state index contributed by atoms with van der Waals surface area (Å²) < 4.78 is 21.0. The quantitative estimate of drug-likeness (QED) is 0.484. The van der Waals surface area contributed by atoms with Crippen LogP contribution in [-0.4, -0.2) is 39.4 Å². The van der Waals surface area contributed by atoms with Gasteiger partial charge in [0, 0.05) is 12.8 Å². The highest BCUT2D eigenvalue weighted by Crippen LogP contribution is 1.78. The van der Waals surface area contributed by atoms with E-state index in [1.807, 2.05) is 0 Å². The second-order valence-electron chi connectivity index (χ2n) is 2.27. The standard InChI is InChI=1S/C5H12N2O3S/c1-11(9,10)3-2-7-4-5(6)8/h7H,2-4H2,1H3,(H2,6,8). The molecule has 0 unspecified atom stereocenters. The molecule has 0 heterocycles. The van der Waals surface area contributed by atoms with Crippen molar-refractivity contribution >= 4 is 15.7 Å². The molecule has 1 amide bonds. The molecule has 0 aliphatic rings. The first-order chi connectivity index (χ1) is 4.92. The van der Waals surface area contributed by atoms with Gasteiger partial charge in [0.25, 0.3) is 0 Å². The molecule has 0 saturated heterocycles. The first-order valence-electron chi connectivity index (χ1n) is 3.08. The number of nitrogens with two attached hydrogens (primary N) is 1. The Balaban J connectivity index is 3.37. The molecule has 0 aliphatic heterocycles. The lowest BCUT2D eigenvalue weighted by molar-refractivity contribution is -0.117. The maximum atomic E-state index is 10.5. The summed E-state index contributed by atoms with van der Waals surface area (Å²) in [4.78, 5) is 10.1. The minimum Gasteiger partial charge on any atom is -0.369 e. The number of primary amides is 1. The molecule has 0 aromatic carbocycles. The Morgan fingerprint density at radius 1 is 1.55 bits per heavy atom. The van der Waals surface area contributed by atoms with E-state index in [0.29, 0.717) is 0 Å². The lowest BCUT2D eigenvalue weighted by Gasteiger charge is -1.99. The van der Waals surface area contributed by atoms with Crippen LogP contribution in [0.4, 0.5) is 0 Å². The average Bonchev–Trinajstić information content (AvgIpc) is 1.78. The molecule has 0 atom stereocenters. The number of carbonyl (C=O) groups is 1. The maximum Gasteiger partial charge on any atom is 0.231 e. The smallest absolute Gasteiger partial charge is 0.231 e. The van der Waals surface area contributed by atoms with E-state index >= 15 is 0 Å². The van der Waals surface area contributed by atoms with Gasteiger partial charge in [-0.25, -0.2) is 8.42 Å². The molecule has 0 bridgehead atoms. The summed E-state index contributed by atoms with van der Waals surface area (Å²) in [6.07, 6.45) is 1.14. The number of sulfone groups is 1. The van der Waals surface area contributed by atoms with Crippen LogP contribution in [0.5, 0.6) is 0 Å². The van der Waals surface area contributed by atoms with Crippen molar-refractivity contribution in [2.75, 3.05) is 25.1 Å². The van der Waals surface area contributed by atoms with Gasteiger partial charge >= 0.3 is 0 Å². The van der Waals surface area contributed by atoms with Crippen LogP contribution in [0.2, 0.25) is 0 Å². The van der Waals surface area contributed by atoms with Crippen molar-refractivity contribution in [3.63, 3.8) is 0 Å².